The summed E-state index contributed by atoms with van der Waals surface area (Å²) >= 11 is 0. The Kier molecular flexibility index (Phi) is 8.39. The number of ether oxygens (including phenoxy) is 2. The SMILES string of the molecule is CC1=C(C)CCCCCOC(=O)c2ccccc2C(=O)OCCCCC1. The minimum Gasteiger partial charge on any atom is -0.462 e. The van der Waals surface area contributed by atoms with Crippen molar-refractivity contribution in [3.63, 3.8) is 0 Å². The molecule has 0 bridgehead atoms. The molecule has 142 valence electrons. The number of esters is 2. The van der Waals surface area contributed by atoms with Crippen LogP contribution in [0.1, 0.15) is 85.9 Å². The number of hydrogen-bond donors (Lipinski definition) is 0. The molecule has 0 saturated heterocycles. The van der Waals surface area contributed by atoms with E-state index in [1.807, 2.05) is 0 Å². The molecule has 0 radical (unpaired) electrons. The average Bonchev–Trinajstić information content (AvgIpc) is 2.65. The Hall–Kier alpha value is -2.10. The van der Waals surface area contributed by atoms with Gasteiger partial charge in [0, 0.05) is 0 Å². The Labute approximate surface area is 156 Å². The molecular weight excluding hydrogens is 328 g/mol. The second-order valence-electron chi connectivity index (χ2n) is 7.00. The van der Waals surface area contributed by atoms with Crippen LogP contribution in [0.3, 0.4) is 0 Å². The molecule has 1 aliphatic heterocycles. The maximum Gasteiger partial charge on any atom is 0.339 e. The first-order chi connectivity index (χ1) is 12.6. The standard InChI is InChI=1S/C22H30O4/c1-17-11-5-3-9-15-25-21(23)19-13-7-8-14-20(19)22(24)26-16-10-4-6-12-18(17)2/h7-8,13-14H,3-6,9-12,15-16H2,1-2H3. The molecule has 1 aromatic rings. The van der Waals surface area contributed by atoms with Crippen LogP contribution in [-0.4, -0.2) is 25.2 Å². The topological polar surface area (TPSA) is 52.6 Å². The molecule has 2 rings (SSSR count). The van der Waals surface area contributed by atoms with E-state index in [0.29, 0.717) is 13.2 Å². The summed E-state index contributed by atoms with van der Waals surface area (Å²) in [5.41, 5.74) is 3.52. The Bertz CT molecular complexity index is 590. The molecule has 0 aliphatic carbocycles. The lowest BCUT2D eigenvalue weighted by Gasteiger charge is -2.11. The predicted octanol–water partition coefficient (Wildman–Crippen LogP) is 5.47. The van der Waals surface area contributed by atoms with Crippen LogP contribution in [0.5, 0.6) is 0 Å². The van der Waals surface area contributed by atoms with Crippen LogP contribution in [0.2, 0.25) is 0 Å². The van der Waals surface area contributed by atoms with Gasteiger partial charge in [-0.15, -0.1) is 0 Å². The Morgan fingerprint density at radius 3 is 1.50 bits per heavy atom. The smallest absolute Gasteiger partial charge is 0.339 e. The fourth-order valence-electron chi connectivity index (χ4n) is 3.09. The summed E-state index contributed by atoms with van der Waals surface area (Å²) in [4.78, 5) is 24.6. The molecule has 0 fully saturated rings. The van der Waals surface area contributed by atoms with Crippen molar-refractivity contribution in [2.24, 2.45) is 0 Å². The highest BCUT2D eigenvalue weighted by Crippen LogP contribution is 2.19. The van der Waals surface area contributed by atoms with Crippen molar-refractivity contribution in [2.45, 2.75) is 65.2 Å². The molecule has 1 heterocycles. The molecule has 4 heteroatoms. The third-order valence-corrected chi connectivity index (χ3v) is 4.95. The quantitative estimate of drug-likeness (QED) is 0.456. The van der Waals surface area contributed by atoms with Crippen LogP contribution in [0.4, 0.5) is 0 Å². The highest BCUT2D eigenvalue weighted by Gasteiger charge is 2.18. The van der Waals surface area contributed by atoms with Crippen molar-refractivity contribution in [1.29, 1.82) is 0 Å². The van der Waals surface area contributed by atoms with Crippen molar-refractivity contribution in [3.8, 4) is 0 Å². The summed E-state index contributed by atoms with van der Waals surface area (Å²) in [5, 5.41) is 0. The lowest BCUT2D eigenvalue weighted by molar-refractivity contribution is 0.0450. The molecule has 4 nitrogen and oxygen atoms in total. The molecule has 0 spiro atoms. The number of benzene rings is 1. The van der Waals surface area contributed by atoms with Gasteiger partial charge in [0.25, 0.3) is 0 Å². The number of fused-ring (bicyclic) bond motifs is 1. The molecule has 0 atom stereocenters. The van der Waals surface area contributed by atoms with Crippen LogP contribution in [-0.2, 0) is 9.47 Å². The first kappa shape index (κ1) is 20.2. The van der Waals surface area contributed by atoms with Gasteiger partial charge in [-0.1, -0.05) is 23.3 Å². The molecule has 0 unspecified atom stereocenters. The van der Waals surface area contributed by atoms with Gasteiger partial charge < -0.3 is 9.47 Å². The fourth-order valence-corrected chi connectivity index (χ4v) is 3.09. The van der Waals surface area contributed by atoms with Crippen LogP contribution in [0.15, 0.2) is 35.4 Å². The predicted molar refractivity (Wildman–Crippen MR) is 102 cm³/mol. The lowest BCUT2D eigenvalue weighted by Crippen LogP contribution is -2.15. The second kappa shape index (κ2) is 10.8. The molecular formula is C22H30O4. The van der Waals surface area contributed by atoms with Gasteiger partial charge in [0.1, 0.15) is 0 Å². The molecule has 0 aromatic heterocycles. The van der Waals surface area contributed by atoms with E-state index in [1.54, 1.807) is 24.3 Å². The summed E-state index contributed by atoms with van der Waals surface area (Å²) in [5.74, 6) is -0.906. The number of rotatable bonds is 0. The van der Waals surface area contributed by atoms with Gasteiger partial charge in [0.05, 0.1) is 24.3 Å². The molecule has 0 N–H and O–H groups in total. The average molecular weight is 358 g/mol. The number of allylic oxidation sites excluding steroid dienone is 2. The molecule has 1 aliphatic rings. The molecule has 0 saturated carbocycles. The van der Waals surface area contributed by atoms with Crippen molar-refractivity contribution in [1.82, 2.24) is 0 Å². The molecule has 1 aromatic carbocycles. The van der Waals surface area contributed by atoms with E-state index >= 15 is 0 Å². The van der Waals surface area contributed by atoms with Crippen molar-refractivity contribution in [2.75, 3.05) is 13.2 Å². The normalized spacial score (nSPS) is 19.0. The third kappa shape index (κ3) is 6.32. The number of carbonyl (C=O) groups excluding carboxylic acids is 2. The summed E-state index contributed by atoms with van der Waals surface area (Å²) in [6, 6.07) is 6.70. The van der Waals surface area contributed by atoms with Gasteiger partial charge in [-0.05, 0) is 77.3 Å². The summed E-state index contributed by atoms with van der Waals surface area (Å²) in [7, 11) is 0. The highest BCUT2D eigenvalue weighted by molar-refractivity contribution is 6.03. The van der Waals surface area contributed by atoms with Crippen LogP contribution < -0.4 is 0 Å². The van der Waals surface area contributed by atoms with E-state index in [1.165, 1.54) is 11.1 Å². The Balaban J connectivity index is 2.03. The lowest BCUT2D eigenvalue weighted by atomic mass is 9.99. The summed E-state index contributed by atoms with van der Waals surface area (Å²) < 4.78 is 10.7. The van der Waals surface area contributed by atoms with Gasteiger partial charge >= 0.3 is 11.9 Å². The van der Waals surface area contributed by atoms with Crippen LogP contribution >= 0.6 is 0 Å². The van der Waals surface area contributed by atoms with Crippen molar-refractivity contribution >= 4 is 11.9 Å². The van der Waals surface area contributed by atoms with Crippen LogP contribution in [0, 0.1) is 0 Å². The second-order valence-corrected chi connectivity index (χ2v) is 7.00. The molecule has 0 amide bonds. The van der Waals surface area contributed by atoms with E-state index in [0.717, 1.165) is 51.4 Å². The summed E-state index contributed by atoms with van der Waals surface area (Å²) in [6.45, 7) is 5.19. The monoisotopic (exact) mass is 358 g/mol. The van der Waals surface area contributed by atoms with E-state index in [9.17, 15) is 9.59 Å². The highest BCUT2D eigenvalue weighted by atomic mass is 16.5. The zero-order chi connectivity index (χ0) is 18.8. The van der Waals surface area contributed by atoms with Crippen molar-refractivity contribution < 1.29 is 19.1 Å². The number of carbonyl (C=O) groups is 2. The van der Waals surface area contributed by atoms with Crippen LogP contribution in [0.25, 0.3) is 0 Å². The number of cyclic esters (lactones) is 2. The largest absolute Gasteiger partial charge is 0.462 e. The number of hydrogen-bond acceptors (Lipinski definition) is 4. The Morgan fingerprint density at radius 1 is 0.654 bits per heavy atom. The fraction of sp³-hybridized carbons (Fsp3) is 0.545. The van der Waals surface area contributed by atoms with E-state index in [4.69, 9.17) is 9.47 Å². The minimum atomic E-state index is -0.453. The van der Waals surface area contributed by atoms with E-state index < -0.39 is 11.9 Å². The van der Waals surface area contributed by atoms with Gasteiger partial charge in [-0.3, -0.25) is 0 Å². The van der Waals surface area contributed by atoms with Crippen molar-refractivity contribution in [3.05, 3.63) is 46.5 Å². The van der Waals surface area contributed by atoms with Gasteiger partial charge in [0.2, 0.25) is 0 Å². The van der Waals surface area contributed by atoms with Gasteiger partial charge in [-0.2, -0.15) is 0 Å². The minimum absolute atomic E-state index is 0.285. The zero-order valence-corrected chi connectivity index (χ0v) is 16.0. The molecule has 26 heavy (non-hydrogen) atoms. The van der Waals surface area contributed by atoms with E-state index in [-0.39, 0.29) is 11.1 Å². The van der Waals surface area contributed by atoms with Gasteiger partial charge in [0.15, 0.2) is 0 Å². The van der Waals surface area contributed by atoms with Gasteiger partial charge in [-0.25, -0.2) is 9.59 Å². The Morgan fingerprint density at radius 2 is 1.08 bits per heavy atom. The maximum atomic E-state index is 12.3. The zero-order valence-electron chi connectivity index (χ0n) is 16.0. The maximum absolute atomic E-state index is 12.3. The first-order valence-electron chi connectivity index (χ1n) is 9.68. The third-order valence-electron chi connectivity index (χ3n) is 4.95. The van der Waals surface area contributed by atoms with E-state index in [2.05, 4.69) is 13.8 Å². The summed E-state index contributed by atoms with van der Waals surface area (Å²) in [6.07, 6.45) is 8.19. The first-order valence-corrected chi connectivity index (χ1v) is 9.68.